The van der Waals surface area contributed by atoms with E-state index in [2.05, 4.69) is 10.6 Å². The molecule has 0 radical (unpaired) electrons. The number of β-lactam (4-membered cyclic amide) rings is 1. The Morgan fingerprint density at radius 1 is 1.21 bits per heavy atom. The number of hydrogen-bond donors (Lipinski definition) is 4. The van der Waals surface area contributed by atoms with Crippen molar-refractivity contribution in [1.29, 1.82) is 0 Å². The molecule has 15 heteroatoms. The summed E-state index contributed by atoms with van der Waals surface area (Å²) in [6, 6.07) is 5.51. The molecule has 1 aromatic heterocycles. The number of halogens is 3. The molecule has 2 aliphatic heterocycles. The number of benzene rings is 1. The summed E-state index contributed by atoms with van der Waals surface area (Å²) in [6.45, 7) is 0.805. The van der Waals surface area contributed by atoms with Crippen LogP contribution in [0.4, 0.5) is 0 Å². The average Bonchev–Trinajstić information content (AvgIpc) is 2.91. The maximum Gasteiger partial charge on any atom is 0.352 e. The molecule has 3 amide bonds. The van der Waals surface area contributed by atoms with Gasteiger partial charge in [0, 0.05) is 35.4 Å². The number of hydrogen-bond acceptors (Lipinski definition) is 7. The second-order valence-corrected chi connectivity index (χ2v) is 11.9. The van der Waals surface area contributed by atoms with Gasteiger partial charge in [0.05, 0.1) is 20.8 Å². The van der Waals surface area contributed by atoms with Crippen molar-refractivity contribution >= 4 is 82.0 Å². The number of nitrogens with two attached hydrogens (primary N) is 1. The zero-order valence-electron chi connectivity index (χ0n) is 20.2. The number of carbonyl (C=O) groups excluding carboxylic acids is 3. The Balaban J connectivity index is 1.42. The van der Waals surface area contributed by atoms with Gasteiger partial charge in [0.2, 0.25) is 5.91 Å². The number of rotatable bonds is 10. The van der Waals surface area contributed by atoms with E-state index >= 15 is 0 Å². The van der Waals surface area contributed by atoms with Gasteiger partial charge in [-0.05, 0) is 18.2 Å². The topological polar surface area (TPSA) is 146 Å². The molecule has 2 aromatic rings. The van der Waals surface area contributed by atoms with Crippen LogP contribution in [0, 0.1) is 0 Å². The highest BCUT2D eigenvalue weighted by Gasteiger charge is 2.54. The van der Waals surface area contributed by atoms with E-state index in [-0.39, 0.29) is 23.9 Å². The molecule has 0 spiro atoms. The van der Waals surface area contributed by atoms with Gasteiger partial charge in [-0.2, -0.15) is 0 Å². The first-order valence-corrected chi connectivity index (χ1v) is 14.7. The first-order chi connectivity index (χ1) is 18.6. The Kier molecular flexibility index (Phi) is 9.68. The number of aromatic nitrogens is 1. The van der Waals surface area contributed by atoms with E-state index in [0.29, 0.717) is 49.9 Å². The molecule has 39 heavy (non-hydrogen) atoms. The Morgan fingerprint density at radius 2 is 1.95 bits per heavy atom. The summed E-state index contributed by atoms with van der Waals surface area (Å²) >= 11 is 20.6. The lowest BCUT2D eigenvalue weighted by atomic mass is 10.0. The minimum absolute atomic E-state index is 0.0302. The Morgan fingerprint density at radius 3 is 2.67 bits per heavy atom. The lowest BCUT2D eigenvalue weighted by molar-refractivity contribution is -0.689. The Bertz CT molecular complexity index is 1380. The number of amides is 3. The minimum Gasteiger partial charge on any atom is -0.477 e. The summed E-state index contributed by atoms with van der Waals surface area (Å²) in [4.78, 5) is 51.8. The van der Waals surface area contributed by atoms with Crippen LogP contribution >= 0.6 is 58.3 Å². The number of carboxylic acid groups (broad SMARTS) is 1. The summed E-state index contributed by atoms with van der Waals surface area (Å²) in [5.41, 5.74) is 6.22. The van der Waals surface area contributed by atoms with Crippen LogP contribution in [0.3, 0.4) is 0 Å². The van der Waals surface area contributed by atoms with Crippen molar-refractivity contribution < 1.29 is 28.9 Å². The van der Waals surface area contributed by atoms with Gasteiger partial charge in [-0.15, -0.1) is 23.5 Å². The van der Waals surface area contributed by atoms with Crippen molar-refractivity contribution in [2.24, 2.45) is 5.73 Å². The molecule has 0 unspecified atom stereocenters. The zero-order valence-corrected chi connectivity index (χ0v) is 24.1. The molecule has 2 atom stereocenters. The van der Waals surface area contributed by atoms with Gasteiger partial charge in [0.1, 0.15) is 22.7 Å². The van der Waals surface area contributed by atoms with Crippen LogP contribution in [0.1, 0.15) is 10.4 Å². The lowest BCUT2D eigenvalue weighted by Gasteiger charge is -2.49. The van der Waals surface area contributed by atoms with Crippen LogP contribution in [0.15, 0.2) is 52.8 Å². The van der Waals surface area contributed by atoms with Gasteiger partial charge < -0.3 is 21.5 Å². The molecule has 10 nitrogen and oxygen atoms in total. The second-order valence-electron chi connectivity index (χ2n) is 8.51. The van der Waals surface area contributed by atoms with Gasteiger partial charge in [0.25, 0.3) is 11.8 Å². The number of aliphatic carboxylic acids is 1. The Labute approximate surface area is 247 Å². The van der Waals surface area contributed by atoms with Gasteiger partial charge in [-0.25, -0.2) is 9.36 Å². The van der Waals surface area contributed by atoms with Crippen molar-refractivity contribution in [3.05, 3.63) is 68.6 Å². The Hall–Kier alpha value is -2.48. The standard InChI is InChI=1S/C24H22Cl3N5O5S2/c25-14-6-16(27)17(7-15(14)26)38-11-18(33)30-19-22(35)32-20(24(36)37)13(10-39-23(19)32)9-31-5-1-2-12(8-31)21(34)29-4-3-28/h1-2,5-8,19,23H,3-4,9-11,28H2,(H2-,29,30,33,34,36,37)/p+1/t19-,23+/m0/s1. The van der Waals surface area contributed by atoms with Gasteiger partial charge in [-0.3, -0.25) is 19.3 Å². The van der Waals surface area contributed by atoms with Crippen molar-refractivity contribution in [3.63, 3.8) is 0 Å². The highest BCUT2D eigenvalue weighted by molar-refractivity contribution is 8.00. The number of pyridine rings is 1. The molecule has 4 rings (SSSR count). The molecule has 5 N–H and O–H groups in total. The maximum atomic E-state index is 13.0. The van der Waals surface area contributed by atoms with Gasteiger partial charge in [-0.1, -0.05) is 34.8 Å². The van der Waals surface area contributed by atoms with E-state index in [1.807, 2.05) is 0 Å². The van der Waals surface area contributed by atoms with E-state index in [4.69, 9.17) is 40.5 Å². The number of carboxylic acids is 1. The van der Waals surface area contributed by atoms with E-state index in [1.165, 1.54) is 22.7 Å². The quantitative estimate of drug-likeness (QED) is 0.135. The van der Waals surface area contributed by atoms with Crippen molar-refractivity contribution in [2.75, 3.05) is 24.6 Å². The fourth-order valence-electron chi connectivity index (χ4n) is 4.04. The zero-order chi connectivity index (χ0) is 28.3. The number of nitrogens with one attached hydrogen (secondary N) is 2. The fourth-order valence-corrected chi connectivity index (χ4v) is 6.92. The van der Waals surface area contributed by atoms with E-state index in [1.54, 1.807) is 35.2 Å². The molecule has 206 valence electrons. The number of carbonyl (C=O) groups is 4. The molecular weight excluding hydrogens is 609 g/mol. The molecule has 3 heterocycles. The average molecular weight is 632 g/mol. The van der Waals surface area contributed by atoms with Crippen molar-refractivity contribution in [1.82, 2.24) is 15.5 Å². The van der Waals surface area contributed by atoms with Gasteiger partial charge in [0.15, 0.2) is 18.9 Å². The van der Waals surface area contributed by atoms with Crippen LogP contribution in [0.25, 0.3) is 0 Å². The van der Waals surface area contributed by atoms with E-state index in [9.17, 15) is 24.3 Å². The number of fused-ring (bicyclic) bond motifs is 1. The fraction of sp³-hybridized carbons (Fsp3) is 0.292. The highest BCUT2D eigenvalue weighted by atomic mass is 35.5. The monoisotopic (exact) mass is 630 g/mol. The second kappa shape index (κ2) is 12.8. The largest absolute Gasteiger partial charge is 0.477 e. The van der Waals surface area contributed by atoms with Crippen LogP contribution in [0.5, 0.6) is 0 Å². The van der Waals surface area contributed by atoms with Crippen LogP contribution < -0.4 is 20.9 Å². The van der Waals surface area contributed by atoms with Crippen molar-refractivity contribution in [3.8, 4) is 0 Å². The first kappa shape index (κ1) is 29.5. The predicted octanol–water partition coefficient (Wildman–Crippen LogP) is 2.15. The molecule has 0 bridgehead atoms. The smallest absolute Gasteiger partial charge is 0.352 e. The minimum atomic E-state index is -1.24. The van der Waals surface area contributed by atoms with Crippen LogP contribution in [0.2, 0.25) is 15.1 Å². The normalized spacial score (nSPS) is 18.4. The third kappa shape index (κ3) is 6.64. The molecule has 0 saturated carbocycles. The van der Waals surface area contributed by atoms with Crippen LogP contribution in [-0.4, -0.2) is 69.7 Å². The molecule has 0 aliphatic carbocycles. The number of nitrogens with zero attached hydrogens (tertiary/aromatic N) is 2. The van der Waals surface area contributed by atoms with E-state index < -0.39 is 29.2 Å². The predicted molar refractivity (Wildman–Crippen MR) is 150 cm³/mol. The summed E-state index contributed by atoms with van der Waals surface area (Å²) in [7, 11) is 0. The van der Waals surface area contributed by atoms with Crippen molar-refractivity contribution in [2.45, 2.75) is 22.9 Å². The SMILES string of the molecule is NCCNC(=O)c1ccc[n+](CC2=C(C(=O)O)N3C(=O)[C@H](NC(=O)CSc4cc(Cl)c(Cl)cc4Cl)[C@H]3SC2)c1. The maximum absolute atomic E-state index is 13.0. The van der Waals surface area contributed by atoms with Crippen LogP contribution in [-0.2, 0) is 20.9 Å². The molecule has 1 fully saturated rings. The van der Waals surface area contributed by atoms with Gasteiger partial charge >= 0.3 is 5.97 Å². The number of thioether (sulfide) groups is 2. The molecule has 2 aliphatic rings. The molecule has 1 saturated heterocycles. The summed E-state index contributed by atoms with van der Waals surface area (Å²) in [6.07, 6.45) is 3.31. The third-order valence-electron chi connectivity index (χ3n) is 5.82. The summed E-state index contributed by atoms with van der Waals surface area (Å²) in [5.74, 6) is -2.16. The third-order valence-corrected chi connectivity index (χ3v) is 9.37. The summed E-state index contributed by atoms with van der Waals surface area (Å²) < 4.78 is 1.69. The molecule has 1 aromatic carbocycles. The summed E-state index contributed by atoms with van der Waals surface area (Å²) in [5, 5.41) is 15.7. The van der Waals surface area contributed by atoms with E-state index in [0.717, 1.165) is 11.8 Å². The first-order valence-electron chi connectivity index (χ1n) is 11.5. The molecular formula is C24H23Cl3N5O5S2+. The highest BCUT2D eigenvalue weighted by Crippen LogP contribution is 2.40. The lowest BCUT2D eigenvalue weighted by Crippen LogP contribution is -2.71.